The van der Waals surface area contributed by atoms with Gasteiger partial charge in [0, 0.05) is 6.42 Å². The Morgan fingerprint density at radius 1 is 1.40 bits per heavy atom. The molecule has 4 heteroatoms. The number of rotatable bonds is 4. The van der Waals surface area contributed by atoms with Crippen LogP contribution in [0.25, 0.3) is 0 Å². The molecule has 1 rings (SSSR count). The molecule has 0 radical (unpaired) electrons. The van der Waals surface area contributed by atoms with Gasteiger partial charge in [-0.25, -0.2) is 4.79 Å². The molecule has 0 heterocycles. The molecule has 0 saturated heterocycles. The van der Waals surface area contributed by atoms with E-state index in [0.717, 1.165) is 5.56 Å². The van der Waals surface area contributed by atoms with Gasteiger partial charge in [0.05, 0.1) is 6.61 Å². The Bertz CT molecular complexity index is 347. The maximum absolute atomic E-state index is 11.3. The van der Waals surface area contributed by atoms with E-state index in [2.05, 4.69) is 5.10 Å². The van der Waals surface area contributed by atoms with Crippen LogP contribution in [0.1, 0.15) is 12.5 Å². The molecular weight excluding hydrogens is 192 g/mol. The van der Waals surface area contributed by atoms with Gasteiger partial charge in [0.2, 0.25) is 0 Å². The first kappa shape index (κ1) is 11.2. The van der Waals surface area contributed by atoms with Crippen LogP contribution in [0.2, 0.25) is 0 Å². The second kappa shape index (κ2) is 5.80. The molecule has 0 amide bonds. The van der Waals surface area contributed by atoms with Gasteiger partial charge in [0.25, 0.3) is 0 Å². The van der Waals surface area contributed by atoms with Crippen LogP contribution in [0.15, 0.2) is 35.4 Å². The normalized spacial score (nSPS) is 11.1. The standard InChI is InChI=1S/C11H14N2O2/c1-2-15-11(14)10(13-12)8-9-6-4-3-5-7-9/h3-7H,2,8,12H2,1H3/b13-10+. The van der Waals surface area contributed by atoms with Gasteiger partial charge in [-0.2, -0.15) is 5.10 Å². The van der Waals surface area contributed by atoms with Crippen LogP contribution in [-0.4, -0.2) is 18.3 Å². The van der Waals surface area contributed by atoms with E-state index in [-0.39, 0.29) is 5.71 Å². The van der Waals surface area contributed by atoms with Gasteiger partial charge < -0.3 is 10.6 Å². The van der Waals surface area contributed by atoms with Gasteiger partial charge in [-0.1, -0.05) is 30.3 Å². The first-order valence-corrected chi connectivity index (χ1v) is 4.75. The highest BCUT2D eigenvalue weighted by molar-refractivity contribution is 6.36. The predicted molar refractivity (Wildman–Crippen MR) is 58.4 cm³/mol. The summed E-state index contributed by atoms with van der Waals surface area (Å²) in [5.41, 5.74) is 1.22. The molecule has 80 valence electrons. The zero-order chi connectivity index (χ0) is 11.1. The summed E-state index contributed by atoms with van der Waals surface area (Å²) in [4.78, 5) is 11.3. The molecule has 0 aliphatic rings. The molecule has 0 aromatic heterocycles. The van der Waals surface area contributed by atoms with Crippen molar-refractivity contribution in [3.05, 3.63) is 35.9 Å². The third kappa shape index (κ3) is 3.42. The summed E-state index contributed by atoms with van der Waals surface area (Å²) < 4.78 is 4.82. The number of carbonyl (C=O) groups is 1. The van der Waals surface area contributed by atoms with E-state index in [9.17, 15) is 4.79 Å². The van der Waals surface area contributed by atoms with Crippen molar-refractivity contribution in [1.82, 2.24) is 0 Å². The summed E-state index contributed by atoms with van der Waals surface area (Å²) in [5, 5.41) is 3.44. The number of ether oxygens (including phenoxy) is 1. The SMILES string of the molecule is CCOC(=O)/C(Cc1ccccc1)=N/N. The number of nitrogens with two attached hydrogens (primary N) is 1. The predicted octanol–water partition coefficient (Wildman–Crippen LogP) is 1.11. The molecule has 0 bridgehead atoms. The quantitative estimate of drug-likeness (QED) is 0.347. The van der Waals surface area contributed by atoms with Crippen LogP contribution >= 0.6 is 0 Å². The van der Waals surface area contributed by atoms with Crippen LogP contribution in [0, 0.1) is 0 Å². The van der Waals surface area contributed by atoms with E-state index >= 15 is 0 Å². The summed E-state index contributed by atoms with van der Waals surface area (Å²) in [6.45, 7) is 2.07. The number of hydrazone groups is 1. The number of esters is 1. The van der Waals surface area contributed by atoms with Crippen LogP contribution in [0.5, 0.6) is 0 Å². The Labute approximate surface area is 88.7 Å². The van der Waals surface area contributed by atoms with Crippen molar-refractivity contribution in [1.29, 1.82) is 0 Å². The molecule has 0 spiro atoms. The zero-order valence-electron chi connectivity index (χ0n) is 8.64. The molecule has 0 saturated carbocycles. The zero-order valence-corrected chi connectivity index (χ0v) is 8.64. The number of carbonyl (C=O) groups excluding carboxylic acids is 1. The van der Waals surface area contributed by atoms with Crippen molar-refractivity contribution in [2.75, 3.05) is 6.61 Å². The topological polar surface area (TPSA) is 64.7 Å². The summed E-state index contributed by atoms with van der Waals surface area (Å²) in [7, 11) is 0. The first-order chi connectivity index (χ1) is 7.27. The van der Waals surface area contributed by atoms with Crippen molar-refractivity contribution in [2.45, 2.75) is 13.3 Å². The fraction of sp³-hybridized carbons (Fsp3) is 0.273. The van der Waals surface area contributed by atoms with Gasteiger partial charge in [0.1, 0.15) is 5.71 Å². The molecule has 0 aliphatic heterocycles. The van der Waals surface area contributed by atoms with Gasteiger partial charge in [-0.05, 0) is 12.5 Å². The minimum absolute atomic E-state index is 0.239. The number of nitrogens with zero attached hydrogens (tertiary/aromatic N) is 1. The largest absolute Gasteiger partial charge is 0.461 e. The third-order valence-electron chi connectivity index (χ3n) is 1.88. The minimum atomic E-state index is -0.455. The summed E-state index contributed by atoms with van der Waals surface area (Å²) >= 11 is 0. The van der Waals surface area contributed by atoms with Crippen molar-refractivity contribution >= 4 is 11.7 Å². The second-order valence-electron chi connectivity index (χ2n) is 2.96. The van der Waals surface area contributed by atoms with Crippen LogP contribution in [0.3, 0.4) is 0 Å². The molecule has 0 fully saturated rings. The molecule has 15 heavy (non-hydrogen) atoms. The van der Waals surface area contributed by atoms with E-state index in [4.69, 9.17) is 10.6 Å². The molecule has 1 aromatic carbocycles. The Morgan fingerprint density at radius 3 is 2.60 bits per heavy atom. The lowest BCUT2D eigenvalue weighted by atomic mass is 10.1. The summed E-state index contributed by atoms with van der Waals surface area (Å²) in [6.07, 6.45) is 0.399. The molecule has 4 nitrogen and oxygen atoms in total. The van der Waals surface area contributed by atoms with E-state index in [1.54, 1.807) is 6.92 Å². The highest BCUT2D eigenvalue weighted by atomic mass is 16.5. The van der Waals surface area contributed by atoms with E-state index < -0.39 is 5.97 Å². The van der Waals surface area contributed by atoms with E-state index in [1.807, 2.05) is 30.3 Å². The Hall–Kier alpha value is -1.84. The minimum Gasteiger partial charge on any atom is -0.461 e. The third-order valence-corrected chi connectivity index (χ3v) is 1.88. The number of hydrogen-bond acceptors (Lipinski definition) is 4. The van der Waals surface area contributed by atoms with Crippen LogP contribution in [-0.2, 0) is 16.0 Å². The molecule has 0 aliphatic carbocycles. The number of hydrogen-bond donors (Lipinski definition) is 1. The average Bonchev–Trinajstić information content (AvgIpc) is 2.27. The highest BCUT2D eigenvalue weighted by Gasteiger charge is 2.12. The Kier molecular flexibility index (Phi) is 4.34. The lowest BCUT2D eigenvalue weighted by molar-refractivity contribution is -0.135. The Balaban J connectivity index is 2.67. The average molecular weight is 206 g/mol. The van der Waals surface area contributed by atoms with Gasteiger partial charge >= 0.3 is 5.97 Å². The van der Waals surface area contributed by atoms with Crippen LogP contribution in [0.4, 0.5) is 0 Å². The molecule has 1 aromatic rings. The van der Waals surface area contributed by atoms with E-state index in [0.29, 0.717) is 13.0 Å². The second-order valence-corrected chi connectivity index (χ2v) is 2.96. The van der Waals surface area contributed by atoms with Gasteiger partial charge in [-0.15, -0.1) is 0 Å². The fourth-order valence-corrected chi connectivity index (χ4v) is 1.17. The molecular formula is C11H14N2O2. The Morgan fingerprint density at radius 2 is 2.07 bits per heavy atom. The van der Waals surface area contributed by atoms with Crippen molar-refractivity contribution in [3.8, 4) is 0 Å². The van der Waals surface area contributed by atoms with Gasteiger partial charge in [0.15, 0.2) is 0 Å². The first-order valence-electron chi connectivity index (χ1n) is 4.75. The maximum atomic E-state index is 11.3. The smallest absolute Gasteiger partial charge is 0.354 e. The molecule has 2 N–H and O–H groups in total. The molecule has 0 unspecified atom stereocenters. The fourth-order valence-electron chi connectivity index (χ4n) is 1.17. The van der Waals surface area contributed by atoms with Crippen LogP contribution < -0.4 is 5.84 Å². The monoisotopic (exact) mass is 206 g/mol. The van der Waals surface area contributed by atoms with Crippen molar-refractivity contribution in [2.24, 2.45) is 10.9 Å². The highest BCUT2D eigenvalue weighted by Crippen LogP contribution is 2.01. The summed E-state index contributed by atoms with van der Waals surface area (Å²) in [6, 6.07) is 9.52. The summed E-state index contributed by atoms with van der Waals surface area (Å²) in [5.74, 6) is 4.68. The van der Waals surface area contributed by atoms with E-state index in [1.165, 1.54) is 0 Å². The number of benzene rings is 1. The van der Waals surface area contributed by atoms with Crippen molar-refractivity contribution in [3.63, 3.8) is 0 Å². The maximum Gasteiger partial charge on any atom is 0.354 e. The lowest BCUT2D eigenvalue weighted by Gasteiger charge is -2.04. The van der Waals surface area contributed by atoms with Gasteiger partial charge in [-0.3, -0.25) is 0 Å². The van der Waals surface area contributed by atoms with Crippen molar-refractivity contribution < 1.29 is 9.53 Å². The molecule has 0 atom stereocenters. The lowest BCUT2D eigenvalue weighted by Crippen LogP contribution is -2.21.